The first-order chi connectivity index (χ1) is 7.77. The molecule has 0 amide bonds. The van der Waals surface area contributed by atoms with E-state index in [0.29, 0.717) is 6.54 Å². The standard InChI is InChI=1S/C10H23N3O3/c1-2-16-8-7-12-4-3-11-5-6-13-9-10(14)15/h11-13H,2-9H2,1H3,(H,14,15). The van der Waals surface area contributed by atoms with E-state index in [2.05, 4.69) is 16.0 Å². The number of carbonyl (C=O) groups is 1. The first-order valence-corrected chi connectivity index (χ1v) is 5.69. The van der Waals surface area contributed by atoms with E-state index in [4.69, 9.17) is 9.84 Å². The quantitative estimate of drug-likeness (QED) is 0.320. The fourth-order valence-corrected chi connectivity index (χ4v) is 1.09. The largest absolute Gasteiger partial charge is 0.480 e. The second-order valence-electron chi connectivity index (χ2n) is 3.27. The van der Waals surface area contributed by atoms with Crippen molar-refractivity contribution < 1.29 is 14.6 Å². The van der Waals surface area contributed by atoms with Crippen LogP contribution in [0.2, 0.25) is 0 Å². The predicted molar refractivity (Wildman–Crippen MR) is 62.7 cm³/mol. The van der Waals surface area contributed by atoms with Crippen molar-refractivity contribution in [2.75, 3.05) is 52.5 Å². The van der Waals surface area contributed by atoms with Gasteiger partial charge in [0.1, 0.15) is 0 Å². The van der Waals surface area contributed by atoms with Crippen LogP contribution in [0.25, 0.3) is 0 Å². The summed E-state index contributed by atoms with van der Waals surface area (Å²) in [4.78, 5) is 10.2. The number of rotatable bonds is 12. The van der Waals surface area contributed by atoms with Crippen LogP contribution in [0.1, 0.15) is 6.92 Å². The number of nitrogens with one attached hydrogen (secondary N) is 3. The Labute approximate surface area is 96.7 Å². The van der Waals surface area contributed by atoms with Crippen LogP contribution >= 0.6 is 0 Å². The average molecular weight is 233 g/mol. The van der Waals surface area contributed by atoms with E-state index in [9.17, 15) is 4.79 Å². The lowest BCUT2D eigenvalue weighted by atomic mass is 10.5. The van der Waals surface area contributed by atoms with E-state index in [0.717, 1.165) is 39.4 Å². The fraction of sp³-hybridized carbons (Fsp3) is 0.900. The first-order valence-electron chi connectivity index (χ1n) is 5.69. The zero-order valence-electron chi connectivity index (χ0n) is 9.92. The highest BCUT2D eigenvalue weighted by atomic mass is 16.5. The lowest BCUT2D eigenvalue weighted by molar-refractivity contribution is -0.135. The van der Waals surface area contributed by atoms with Crippen LogP contribution < -0.4 is 16.0 Å². The SMILES string of the molecule is CCOCCNCCNCCNCC(=O)O. The maximum absolute atomic E-state index is 10.2. The zero-order chi connectivity index (χ0) is 12.1. The maximum atomic E-state index is 10.2. The summed E-state index contributed by atoms with van der Waals surface area (Å²) in [7, 11) is 0. The van der Waals surface area contributed by atoms with Gasteiger partial charge in [0.2, 0.25) is 0 Å². The van der Waals surface area contributed by atoms with Gasteiger partial charge in [-0.15, -0.1) is 0 Å². The fourth-order valence-electron chi connectivity index (χ4n) is 1.09. The number of aliphatic carboxylic acids is 1. The molecule has 0 aliphatic carbocycles. The van der Waals surface area contributed by atoms with E-state index in [1.54, 1.807) is 0 Å². The van der Waals surface area contributed by atoms with Gasteiger partial charge in [-0.1, -0.05) is 0 Å². The van der Waals surface area contributed by atoms with Crippen molar-refractivity contribution in [2.45, 2.75) is 6.92 Å². The molecule has 4 N–H and O–H groups in total. The Balaban J connectivity index is 2.90. The van der Waals surface area contributed by atoms with Crippen molar-refractivity contribution in [3.05, 3.63) is 0 Å². The van der Waals surface area contributed by atoms with Gasteiger partial charge >= 0.3 is 5.97 Å². The van der Waals surface area contributed by atoms with Crippen molar-refractivity contribution >= 4 is 5.97 Å². The monoisotopic (exact) mass is 233 g/mol. The molecule has 6 heteroatoms. The molecule has 0 aliphatic heterocycles. The Morgan fingerprint density at radius 1 is 1.06 bits per heavy atom. The third-order valence-electron chi connectivity index (χ3n) is 1.86. The second-order valence-corrected chi connectivity index (χ2v) is 3.27. The van der Waals surface area contributed by atoms with E-state index < -0.39 is 5.97 Å². The molecule has 0 saturated heterocycles. The van der Waals surface area contributed by atoms with Gasteiger partial charge in [0.15, 0.2) is 0 Å². The Bertz CT molecular complexity index is 167. The Morgan fingerprint density at radius 3 is 2.19 bits per heavy atom. The molecule has 16 heavy (non-hydrogen) atoms. The summed E-state index contributed by atoms with van der Waals surface area (Å²) in [5.74, 6) is -0.822. The topological polar surface area (TPSA) is 82.6 Å². The number of hydrogen-bond donors (Lipinski definition) is 4. The van der Waals surface area contributed by atoms with Crippen molar-refractivity contribution in [3.63, 3.8) is 0 Å². The third kappa shape index (κ3) is 13.3. The molecule has 0 heterocycles. The molecule has 0 aromatic rings. The molecule has 0 aliphatic rings. The van der Waals surface area contributed by atoms with Gasteiger partial charge in [0.05, 0.1) is 13.2 Å². The molecule has 0 spiro atoms. The minimum Gasteiger partial charge on any atom is -0.480 e. The molecule has 0 aromatic carbocycles. The van der Waals surface area contributed by atoms with Crippen LogP contribution in [0, 0.1) is 0 Å². The molecule has 0 aromatic heterocycles. The maximum Gasteiger partial charge on any atom is 0.317 e. The summed E-state index contributed by atoms with van der Waals surface area (Å²) in [5.41, 5.74) is 0. The molecule has 0 atom stereocenters. The van der Waals surface area contributed by atoms with Crippen LogP contribution in [-0.2, 0) is 9.53 Å². The number of ether oxygens (including phenoxy) is 1. The third-order valence-corrected chi connectivity index (χ3v) is 1.86. The Morgan fingerprint density at radius 2 is 1.62 bits per heavy atom. The summed E-state index contributed by atoms with van der Waals surface area (Å²) in [6, 6.07) is 0. The number of carboxylic acids is 1. The normalized spacial score (nSPS) is 10.6. The molecular weight excluding hydrogens is 210 g/mol. The molecule has 0 fully saturated rings. The molecular formula is C10H23N3O3. The highest BCUT2D eigenvalue weighted by molar-refractivity contribution is 5.68. The van der Waals surface area contributed by atoms with Crippen molar-refractivity contribution in [1.29, 1.82) is 0 Å². The van der Waals surface area contributed by atoms with Gasteiger partial charge in [-0.3, -0.25) is 4.79 Å². The van der Waals surface area contributed by atoms with Crippen LogP contribution in [-0.4, -0.2) is 63.6 Å². The summed E-state index contributed by atoms with van der Waals surface area (Å²) in [6.45, 7) is 7.59. The van der Waals surface area contributed by atoms with Gasteiger partial charge in [0.25, 0.3) is 0 Å². The van der Waals surface area contributed by atoms with Crippen molar-refractivity contribution in [3.8, 4) is 0 Å². The van der Waals surface area contributed by atoms with Crippen LogP contribution in [0.3, 0.4) is 0 Å². The van der Waals surface area contributed by atoms with E-state index in [1.807, 2.05) is 6.92 Å². The van der Waals surface area contributed by atoms with Crippen molar-refractivity contribution in [2.24, 2.45) is 0 Å². The number of hydrogen-bond acceptors (Lipinski definition) is 5. The average Bonchev–Trinajstić information content (AvgIpc) is 2.25. The molecule has 0 radical (unpaired) electrons. The number of carboxylic acid groups (broad SMARTS) is 1. The zero-order valence-corrected chi connectivity index (χ0v) is 9.92. The molecule has 6 nitrogen and oxygen atoms in total. The molecule has 0 rings (SSSR count). The highest BCUT2D eigenvalue weighted by Gasteiger charge is 1.93. The van der Waals surface area contributed by atoms with Gasteiger partial charge in [-0.25, -0.2) is 0 Å². The molecule has 0 bridgehead atoms. The molecule has 0 saturated carbocycles. The van der Waals surface area contributed by atoms with Gasteiger partial charge < -0.3 is 25.8 Å². The first kappa shape index (κ1) is 15.3. The van der Waals surface area contributed by atoms with Gasteiger partial charge in [-0.05, 0) is 6.92 Å². The van der Waals surface area contributed by atoms with Crippen LogP contribution in [0.5, 0.6) is 0 Å². The minimum absolute atomic E-state index is 0.0221. The van der Waals surface area contributed by atoms with E-state index >= 15 is 0 Å². The Kier molecular flexibility index (Phi) is 11.8. The highest BCUT2D eigenvalue weighted by Crippen LogP contribution is 1.69. The van der Waals surface area contributed by atoms with Crippen LogP contribution in [0.15, 0.2) is 0 Å². The van der Waals surface area contributed by atoms with Gasteiger partial charge in [0, 0.05) is 39.3 Å². The second kappa shape index (κ2) is 12.4. The summed E-state index contributed by atoms with van der Waals surface area (Å²) in [5, 5.41) is 17.6. The smallest absolute Gasteiger partial charge is 0.317 e. The van der Waals surface area contributed by atoms with E-state index in [-0.39, 0.29) is 6.54 Å². The summed E-state index contributed by atoms with van der Waals surface area (Å²) < 4.78 is 5.17. The lowest BCUT2D eigenvalue weighted by Gasteiger charge is -2.06. The predicted octanol–water partition coefficient (Wildman–Crippen LogP) is -1.12. The van der Waals surface area contributed by atoms with Crippen LogP contribution in [0.4, 0.5) is 0 Å². The van der Waals surface area contributed by atoms with Crippen molar-refractivity contribution in [1.82, 2.24) is 16.0 Å². The summed E-state index contributed by atoms with van der Waals surface area (Å²) in [6.07, 6.45) is 0. The summed E-state index contributed by atoms with van der Waals surface area (Å²) >= 11 is 0. The Hall–Kier alpha value is -0.690. The minimum atomic E-state index is -0.822. The van der Waals surface area contributed by atoms with Gasteiger partial charge in [-0.2, -0.15) is 0 Å². The molecule has 96 valence electrons. The lowest BCUT2D eigenvalue weighted by Crippen LogP contribution is -2.35. The molecule has 0 unspecified atom stereocenters. The van der Waals surface area contributed by atoms with E-state index in [1.165, 1.54) is 0 Å².